The van der Waals surface area contributed by atoms with Gasteiger partial charge in [-0.25, -0.2) is 0 Å². The molecule has 1 saturated heterocycles. The average molecular weight is 442 g/mol. The minimum Gasteiger partial charge on any atom is -0.507 e. The third-order valence-corrected chi connectivity index (χ3v) is 6.30. The molecule has 32 heavy (non-hydrogen) atoms. The predicted octanol–water partition coefficient (Wildman–Crippen LogP) is 4.16. The minimum absolute atomic E-state index is 0.0250. The summed E-state index contributed by atoms with van der Waals surface area (Å²) in [6, 6.07) is 8.91. The first-order chi connectivity index (χ1) is 15.4. The highest BCUT2D eigenvalue weighted by atomic mass is 16.7. The molecular formula is C25H31NO6. The summed E-state index contributed by atoms with van der Waals surface area (Å²) in [6.45, 7) is 6.04. The van der Waals surface area contributed by atoms with Crippen LogP contribution in [-0.2, 0) is 4.79 Å². The molecule has 4 rings (SSSR count). The zero-order valence-corrected chi connectivity index (χ0v) is 19.1. The molecule has 2 heterocycles. The first-order valence-electron chi connectivity index (χ1n) is 11.0. The number of likely N-dealkylation sites (tertiary alicyclic amines) is 1. The fourth-order valence-electron chi connectivity index (χ4n) is 4.91. The van der Waals surface area contributed by atoms with Crippen LogP contribution < -0.4 is 18.9 Å². The van der Waals surface area contributed by atoms with Crippen molar-refractivity contribution in [3.63, 3.8) is 0 Å². The summed E-state index contributed by atoms with van der Waals surface area (Å²) in [7, 11) is 3.08. The van der Waals surface area contributed by atoms with E-state index in [-0.39, 0.29) is 24.9 Å². The number of piperidine rings is 1. The summed E-state index contributed by atoms with van der Waals surface area (Å²) < 4.78 is 21.9. The summed E-state index contributed by atoms with van der Waals surface area (Å²) in [4.78, 5) is 15.4. The van der Waals surface area contributed by atoms with Gasteiger partial charge < -0.3 is 29.0 Å². The molecule has 0 unspecified atom stereocenters. The molecule has 1 amide bonds. The molecule has 2 aromatic rings. The summed E-state index contributed by atoms with van der Waals surface area (Å²) in [5, 5.41) is 10.9. The molecule has 1 fully saturated rings. The topological polar surface area (TPSA) is 77.5 Å². The Labute approximate surface area is 188 Å². The number of carbonyl (C=O) groups excluding carboxylic acids is 1. The Morgan fingerprint density at radius 3 is 2.50 bits per heavy atom. The fraction of sp³-hybridized carbons (Fsp3) is 0.480. The third kappa shape index (κ3) is 4.42. The second-order valence-electron chi connectivity index (χ2n) is 8.88. The molecule has 2 aromatic carbocycles. The number of nitrogens with zero attached hydrogens (tertiary/aromatic N) is 1. The van der Waals surface area contributed by atoms with Crippen molar-refractivity contribution < 1.29 is 28.8 Å². The van der Waals surface area contributed by atoms with Crippen LogP contribution in [-0.4, -0.2) is 50.0 Å². The number of phenolic OH excluding ortho intramolecular Hbond substituents is 1. The quantitative estimate of drug-likeness (QED) is 0.725. The average Bonchev–Trinajstić information content (AvgIpc) is 3.24. The Kier molecular flexibility index (Phi) is 6.35. The molecule has 2 aliphatic heterocycles. The van der Waals surface area contributed by atoms with E-state index in [1.807, 2.05) is 23.1 Å². The first kappa shape index (κ1) is 22.1. The Morgan fingerprint density at radius 1 is 1.09 bits per heavy atom. The zero-order chi connectivity index (χ0) is 22.8. The zero-order valence-electron chi connectivity index (χ0n) is 19.1. The van der Waals surface area contributed by atoms with Crippen LogP contribution in [0.2, 0.25) is 0 Å². The summed E-state index contributed by atoms with van der Waals surface area (Å²) >= 11 is 0. The van der Waals surface area contributed by atoms with E-state index in [1.54, 1.807) is 19.2 Å². The largest absolute Gasteiger partial charge is 0.507 e. The lowest BCUT2D eigenvalue weighted by molar-refractivity contribution is -0.134. The van der Waals surface area contributed by atoms with Crippen LogP contribution >= 0.6 is 0 Å². The Hall–Kier alpha value is -3.09. The number of aromatic hydroxyl groups is 1. The monoisotopic (exact) mass is 441 g/mol. The van der Waals surface area contributed by atoms with Crippen molar-refractivity contribution in [3.05, 3.63) is 41.5 Å². The van der Waals surface area contributed by atoms with Gasteiger partial charge in [0.05, 0.1) is 14.2 Å². The SMILES string of the molecule is COc1cc(O)c([C@H](CC(=O)N2C[C@H](C)C[C@H](C)C2)c2ccc3c(c2)OCO3)c(OC)c1. The van der Waals surface area contributed by atoms with E-state index in [0.29, 0.717) is 40.4 Å². The molecule has 7 heteroatoms. The molecule has 172 valence electrons. The normalized spacial score (nSPS) is 20.7. The van der Waals surface area contributed by atoms with Gasteiger partial charge in [0.1, 0.15) is 17.2 Å². The van der Waals surface area contributed by atoms with Crippen LogP contribution in [0.3, 0.4) is 0 Å². The highest BCUT2D eigenvalue weighted by Gasteiger charge is 2.31. The summed E-state index contributed by atoms with van der Waals surface area (Å²) in [5.74, 6) is 2.85. The van der Waals surface area contributed by atoms with Gasteiger partial charge in [0, 0.05) is 43.1 Å². The van der Waals surface area contributed by atoms with Crippen molar-refractivity contribution in [1.29, 1.82) is 0 Å². The van der Waals surface area contributed by atoms with Crippen LogP contribution in [0.15, 0.2) is 30.3 Å². The molecule has 3 atom stereocenters. The van der Waals surface area contributed by atoms with Crippen LogP contribution in [0, 0.1) is 11.8 Å². The Bertz CT molecular complexity index is 981. The van der Waals surface area contributed by atoms with Gasteiger partial charge in [-0.05, 0) is 36.0 Å². The number of fused-ring (bicyclic) bond motifs is 1. The second-order valence-corrected chi connectivity index (χ2v) is 8.88. The lowest BCUT2D eigenvalue weighted by Crippen LogP contribution is -2.43. The van der Waals surface area contributed by atoms with E-state index >= 15 is 0 Å². The van der Waals surface area contributed by atoms with Crippen LogP contribution in [0.4, 0.5) is 0 Å². The molecule has 0 aliphatic carbocycles. The predicted molar refractivity (Wildman–Crippen MR) is 120 cm³/mol. The number of ether oxygens (including phenoxy) is 4. The Morgan fingerprint density at radius 2 is 1.81 bits per heavy atom. The van der Waals surface area contributed by atoms with Crippen LogP contribution in [0.5, 0.6) is 28.7 Å². The molecule has 7 nitrogen and oxygen atoms in total. The van der Waals surface area contributed by atoms with Gasteiger partial charge in [-0.15, -0.1) is 0 Å². The van der Waals surface area contributed by atoms with E-state index < -0.39 is 5.92 Å². The van der Waals surface area contributed by atoms with Crippen LogP contribution in [0.25, 0.3) is 0 Å². The number of carbonyl (C=O) groups is 1. The molecule has 0 bridgehead atoms. The fourth-order valence-corrected chi connectivity index (χ4v) is 4.91. The lowest BCUT2D eigenvalue weighted by Gasteiger charge is -2.36. The smallest absolute Gasteiger partial charge is 0.231 e. The van der Waals surface area contributed by atoms with Gasteiger partial charge >= 0.3 is 0 Å². The molecule has 0 saturated carbocycles. The van der Waals surface area contributed by atoms with E-state index in [1.165, 1.54) is 7.11 Å². The highest BCUT2D eigenvalue weighted by Crippen LogP contribution is 2.45. The number of hydrogen-bond acceptors (Lipinski definition) is 6. The van der Waals surface area contributed by atoms with Gasteiger partial charge in [0.15, 0.2) is 11.5 Å². The van der Waals surface area contributed by atoms with E-state index in [4.69, 9.17) is 18.9 Å². The van der Waals surface area contributed by atoms with Crippen LogP contribution in [0.1, 0.15) is 43.7 Å². The van der Waals surface area contributed by atoms with Crippen molar-refractivity contribution in [1.82, 2.24) is 4.90 Å². The molecule has 0 radical (unpaired) electrons. The molecule has 0 spiro atoms. The van der Waals surface area contributed by atoms with Crippen molar-refractivity contribution in [2.45, 2.75) is 32.6 Å². The molecule has 0 aromatic heterocycles. The van der Waals surface area contributed by atoms with E-state index in [2.05, 4.69) is 13.8 Å². The number of phenols is 1. The molecular weight excluding hydrogens is 410 g/mol. The highest BCUT2D eigenvalue weighted by molar-refractivity contribution is 5.78. The number of amides is 1. The van der Waals surface area contributed by atoms with Gasteiger partial charge in [-0.2, -0.15) is 0 Å². The maximum absolute atomic E-state index is 13.4. The van der Waals surface area contributed by atoms with E-state index in [9.17, 15) is 9.90 Å². The number of rotatable bonds is 6. The molecule has 2 aliphatic rings. The lowest BCUT2D eigenvalue weighted by atomic mass is 9.85. The third-order valence-electron chi connectivity index (χ3n) is 6.30. The second kappa shape index (κ2) is 9.18. The van der Waals surface area contributed by atoms with Gasteiger partial charge in [0.25, 0.3) is 0 Å². The van der Waals surface area contributed by atoms with Gasteiger partial charge in [-0.3, -0.25) is 4.79 Å². The van der Waals surface area contributed by atoms with Crippen molar-refractivity contribution in [2.24, 2.45) is 11.8 Å². The summed E-state index contributed by atoms with van der Waals surface area (Å²) in [6.07, 6.45) is 1.33. The maximum atomic E-state index is 13.4. The van der Waals surface area contributed by atoms with Crippen molar-refractivity contribution >= 4 is 5.91 Å². The first-order valence-corrected chi connectivity index (χ1v) is 11.0. The van der Waals surface area contributed by atoms with Crippen molar-refractivity contribution in [3.8, 4) is 28.7 Å². The van der Waals surface area contributed by atoms with Crippen molar-refractivity contribution in [2.75, 3.05) is 34.1 Å². The summed E-state index contributed by atoms with van der Waals surface area (Å²) in [5.41, 5.74) is 1.40. The molecule has 1 N–H and O–H groups in total. The number of methoxy groups -OCH3 is 2. The van der Waals surface area contributed by atoms with Gasteiger partial charge in [-0.1, -0.05) is 19.9 Å². The van der Waals surface area contributed by atoms with E-state index in [0.717, 1.165) is 25.1 Å². The maximum Gasteiger partial charge on any atom is 0.231 e. The number of hydrogen-bond donors (Lipinski definition) is 1. The number of benzene rings is 2. The van der Waals surface area contributed by atoms with Gasteiger partial charge in [0.2, 0.25) is 12.7 Å². The minimum atomic E-state index is -0.426. The Balaban J connectivity index is 1.73. The standard InChI is InChI=1S/C25H31NO6/c1-15-7-16(2)13-26(12-15)24(28)11-19(17-5-6-21-22(8-17)32-14-31-21)25-20(27)9-18(29-3)10-23(25)30-4/h5-6,8-10,15-16,19,27H,7,11-14H2,1-4H3/t15-,16+,19-/m1/s1.